The summed E-state index contributed by atoms with van der Waals surface area (Å²) in [6, 6.07) is -0.742. The van der Waals surface area contributed by atoms with Gasteiger partial charge in [0.15, 0.2) is 0 Å². The second-order valence-electron chi connectivity index (χ2n) is 3.09. The van der Waals surface area contributed by atoms with Crippen LogP contribution in [-0.2, 0) is 14.4 Å². The third kappa shape index (κ3) is 36.0. The van der Waals surface area contributed by atoms with E-state index in [1.165, 1.54) is 0 Å². The summed E-state index contributed by atoms with van der Waals surface area (Å²) in [6.07, 6.45) is 3.25. The van der Waals surface area contributed by atoms with E-state index in [2.05, 4.69) is 24.6 Å². The van der Waals surface area contributed by atoms with Crippen LogP contribution in [0.1, 0.15) is 14.3 Å². The van der Waals surface area contributed by atoms with Crippen LogP contribution in [0, 0.1) is 0 Å². The monoisotopic (exact) mass is 298 g/mol. The van der Waals surface area contributed by atoms with Crippen LogP contribution < -0.4 is 52.5 Å². The van der Waals surface area contributed by atoms with E-state index in [0.717, 1.165) is 12.2 Å². The molecule has 8 nitrogen and oxygen atoms in total. The normalized spacial score (nSPS) is 9.10. The van der Waals surface area contributed by atoms with Gasteiger partial charge in [-0.2, -0.15) is 0 Å². The molecule has 0 saturated carbocycles. The standard InChI is InChI=1S/C5H12N2O2.2C3H5NO.Na.H/c6-3-1-2-4(7)5(8)9;2*1-2-3(4)5;;/h4H,1-3,6-7H2,(H,8,9);2*2H,1H2,(H2,4,5);;/q;;;+1;-1. The van der Waals surface area contributed by atoms with Crippen molar-refractivity contribution in [3.05, 3.63) is 25.3 Å². The zero-order valence-corrected chi connectivity index (χ0v) is 13.7. The van der Waals surface area contributed by atoms with E-state index in [1.807, 2.05) is 0 Å². The topological polar surface area (TPSA) is 176 Å². The Labute approximate surface area is 142 Å². The van der Waals surface area contributed by atoms with Crippen LogP contribution in [0.5, 0.6) is 0 Å². The van der Waals surface area contributed by atoms with E-state index in [-0.39, 0.29) is 31.0 Å². The fraction of sp³-hybridized carbons (Fsp3) is 0.364. The maximum absolute atomic E-state index is 10.0. The number of hydrogen-bond acceptors (Lipinski definition) is 5. The quantitative estimate of drug-likeness (QED) is 0.244. The maximum atomic E-state index is 10.0. The van der Waals surface area contributed by atoms with Crippen LogP contribution in [0.2, 0.25) is 0 Å². The molecule has 2 amide bonds. The van der Waals surface area contributed by atoms with Gasteiger partial charge in [0.1, 0.15) is 6.04 Å². The number of carboxylic acids is 1. The van der Waals surface area contributed by atoms with Gasteiger partial charge in [-0.1, -0.05) is 13.2 Å². The third-order valence-corrected chi connectivity index (χ3v) is 1.44. The van der Waals surface area contributed by atoms with Crippen LogP contribution in [0.25, 0.3) is 0 Å². The van der Waals surface area contributed by atoms with E-state index >= 15 is 0 Å². The zero-order valence-electron chi connectivity index (χ0n) is 12.7. The first-order chi connectivity index (χ1) is 8.72. The fourth-order valence-corrected chi connectivity index (χ4v) is 0.461. The van der Waals surface area contributed by atoms with E-state index in [0.29, 0.717) is 19.4 Å². The summed E-state index contributed by atoms with van der Waals surface area (Å²) >= 11 is 0. The first-order valence-corrected chi connectivity index (χ1v) is 5.25. The minimum absolute atomic E-state index is 0. The van der Waals surface area contributed by atoms with Gasteiger partial charge in [-0.25, -0.2) is 0 Å². The number of primary amides is 2. The molecule has 0 aliphatic rings. The molecule has 0 fully saturated rings. The van der Waals surface area contributed by atoms with Gasteiger partial charge >= 0.3 is 35.5 Å². The van der Waals surface area contributed by atoms with Crippen LogP contribution in [-0.4, -0.2) is 35.5 Å². The Morgan fingerprint density at radius 3 is 1.60 bits per heavy atom. The van der Waals surface area contributed by atoms with Gasteiger partial charge in [0.05, 0.1) is 0 Å². The first kappa shape index (κ1) is 27.2. The van der Waals surface area contributed by atoms with Gasteiger partial charge in [0.25, 0.3) is 0 Å². The van der Waals surface area contributed by atoms with E-state index in [9.17, 15) is 14.4 Å². The molecule has 0 heterocycles. The third-order valence-electron chi connectivity index (χ3n) is 1.44. The van der Waals surface area contributed by atoms with Crippen LogP contribution >= 0.6 is 0 Å². The largest absolute Gasteiger partial charge is 1.00 e. The van der Waals surface area contributed by atoms with Crippen molar-refractivity contribution in [3.8, 4) is 0 Å². The first-order valence-electron chi connectivity index (χ1n) is 5.25. The SMILES string of the molecule is C=CC(N)=O.C=CC(N)=O.NCCCC(N)C(=O)O.[H-].[Na+]. The Bertz CT molecular complexity index is 299. The minimum atomic E-state index is -0.955. The summed E-state index contributed by atoms with van der Waals surface area (Å²) in [7, 11) is 0. The van der Waals surface area contributed by atoms with Gasteiger partial charge in [0.2, 0.25) is 11.8 Å². The average molecular weight is 298 g/mol. The van der Waals surface area contributed by atoms with Crippen molar-refractivity contribution in [2.75, 3.05) is 6.54 Å². The molecule has 0 aliphatic carbocycles. The molecule has 112 valence electrons. The molecule has 9 heteroatoms. The van der Waals surface area contributed by atoms with Crippen molar-refractivity contribution >= 4 is 17.8 Å². The number of carbonyl (C=O) groups is 3. The number of carbonyl (C=O) groups excluding carboxylic acids is 2. The molecule has 0 bridgehead atoms. The summed E-state index contributed by atoms with van der Waals surface area (Å²) in [6.45, 7) is 6.67. The Hall–Kier alpha value is -1.19. The molecule has 0 radical (unpaired) electrons. The van der Waals surface area contributed by atoms with Crippen molar-refractivity contribution in [1.29, 1.82) is 0 Å². The van der Waals surface area contributed by atoms with Gasteiger partial charge in [0, 0.05) is 0 Å². The van der Waals surface area contributed by atoms with Crippen molar-refractivity contribution in [2.45, 2.75) is 18.9 Å². The van der Waals surface area contributed by atoms with E-state index in [4.69, 9.17) is 16.6 Å². The summed E-state index contributed by atoms with van der Waals surface area (Å²) in [5, 5.41) is 8.24. The van der Waals surface area contributed by atoms with Gasteiger partial charge in [-0.05, 0) is 31.5 Å². The van der Waals surface area contributed by atoms with Crippen molar-refractivity contribution < 1.29 is 50.5 Å². The summed E-state index contributed by atoms with van der Waals surface area (Å²) in [5.74, 6) is -1.92. The minimum Gasteiger partial charge on any atom is -1.00 e. The van der Waals surface area contributed by atoms with E-state index < -0.39 is 23.8 Å². The molecule has 0 aliphatic heterocycles. The smallest absolute Gasteiger partial charge is 1.00 e. The predicted octanol–water partition coefficient (Wildman–Crippen LogP) is -4.43. The Morgan fingerprint density at radius 1 is 1.15 bits per heavy atom. The number of carboxylic acid groups (broad SMARTS) is 1. The van der Waals surface area contributed by atoms with Crippen LogP contribution in [0.3, 0.4) is 0 Å². The molecule has 0 saturated heterocycles. The van der Waals surface area contributed by atoms with Gasteiger partial charge in [-0.15, -0.1) is 0 Å². The number of hydrogen-bond donors (Lipinski definition) is 5. The average Bonchev–Trinajstić information content (AvgIpc) is 2.36. The van der Waals surface area contributed by atoms with Gasteiger partial charge in [-0.3, -0.25) is 14.4 Å². The number of rotatable bonds is 6. The molecular weight excluding hydrogens is 275 g/mol. The number of aliphatic carboxylic acids is 1. The molecule has 1 unspecified atom stereocenters. The fourth-order valence-electron chi connectivity index (χ4n) is 0.461. The summed E-state index contributed by atoms with van der Waals surface area (Å²) in [5.41, 5.74) is 19.3. The van der Waals surface area contributed by atoms with Crippen LogP contribution in [0.15, 0.2) is 25.3 Å². The molecule has 0 spiro atoms. The molecule has 0 aromatic heterocycles. The van der Waals surface area contributed by atoms with Crippen LogP contribution in [0.4, 0.5) is 0 Å². The molecule has 0 aromatic rings. The second-order valence-corrected chi connectivity index (χ2v) is 3.09. The number of nitrogens with two attached hydrogens (primary N) is 4. The Kier molecular flexibility index (Phi) is 27.4. The summed E-state index contributed by atoms with van der Waals surface area (Å²) in [4.78, 5) is 29.0. The Balaban J connectivity index is -0.0000000622. The van der Waals surface area contributed by atoms with Crippen molar-refractivity contribution in [2.24, 2.45) is 22.9 Å². The predicted molar refractivity (Wildman–Crippen MR) is 73.8 cm³/mol. The second kappa shape index (κ2) is 20.1. The van der Waals surface area contributed by atoms with Crippen molar-refractivity contribution in [1.82, 2.24) is 0 Å². The maximum Gasteiger partial charge on any atom is 1.00 e. The molecule has 20 heavy (non-hydrogen) atoms. The van der Waals surface area contributed by atoms with Crippen molar-refractivity contribution in [3.63, 3.8) is 0 Å². The molecule has 0 rings (SSSR count). The summed E-state index contributed by atoms with van der Waals surface area (Å²) < 4.78 is 0. The molecule has 0 aromatic carbocycles. The number of amides is 2. The molecular formula is C11H23N4NaO4. The molecule has 1 atom stereocenters. The van der Waals surface area contributed by atoms with E-state index in [1.54, 1.807) is 0 Å². The zero-order chi connectivity index (χ0) is 15.8. The Morgan fingerprint density at radius 2 is 1.45 bits per heavy atom. The van der Waals surface area contributed by atoms with Gasteiger partial charge < -0.3 is 29.5 Å². The molecule has 9 N–H and O–H groups in total.